The zero-order valence-electron chi connectivity index (χ0n) is 14.0. The monoisotopic (exact) mass is 343 g/mol. The highest BCUT2D eigenvalue weighted by atomic mass is 19.4. The molecule has 2 N–H and O–H groups in total. The number of amides is 1. The predicted molar refractivity (Wildman–Crippen MR) is 87.7 cm³/mol. The molecule has 2 rings (SSSR count). The van der Waals surface area contributed by atoms with E-state index in [9.17, 15) is 18.0 Å². The van der Waals surface area contributed by atoms with Gasteiger partial charge in [-0.1, -0.05) is 20.3 Å². The summed E-state index contributed by atoms with van der Waals surface area (Å²) in [7, 11) is 0. The Morgan fingerprint density at radius 1 is 1.17 bits per heavy atom. The molecular formula is C17H24F3N3O. The lowest BCUT2D eigenvalue weighted by Crippen LogP contribution is -2.54. The number of rotatable bonds is 4. The molecular weight excluding hydrogens is 319 g/mol. The van der Waals surface area contributed by atoms with Crippen LogP contribution in [0.5, 0.6) is 0 Å². The van der Waals surface area contributed by atoms with E-state index < -0.39 is 17.8 Å². The van der Waals surface area contributed by atoms with Gasteiger partial charge in [0, 0.05) is 31.9 Å². The third-order valence-electron chi connectivity index (χ3n) is 4.69. The Hall–Kier alpha value is -1.76. The van der Waals surface area contributed by atoms with Crippen molar-refractivity contribution in [1.29, 1.82) is 0 Å². The fourth-order valence-corrected chi connectivity index (χ4v) is 2.75. The maximum Gasteiger partial charge on any atom is 0.416 e. The van der Waals surface area contributed by atoms with Gasteiger partial charge in [-0.25, -0.2) is 0 Å². The Balaban J connectivity index is 1.94. The molecule has 1 aromatic carbocycles. The second-order valence-electron chi connectivity index (χ2n) is 6.27. The number of carbonyl (C=O) groups excluding carboxylic acids is 1. The first-order chi connectivity index (χ1) is 11.2. The highest BCUT2D eigenvalue weighted by Crippen LogP contribution is 2.30. The van der Waals surface area contributed by atoms with Gasteiger partial charge in [0.15, 0.2) is 0 Å². The van der Waals surface area contributed by atoms with Gasteiger partial charge in [0.05, 0.1) is 11.6 Å². The van der Waals surface area contributed by atoms with Crippen LogP contribution in [0.1, 0.15) is 25.8 Å². The van der Waals surface area contributed by atoms with Gasteiger partial charge in [-0.3, -0.25) is 4.79 Å². The van der Waals surface area contributed by atoms with Crippen molar-refractivity contribution < 1.29 is 18.0 Å². The summed E-state index contributed by atoms with van der Waals surface area (Å²) in [5, 5.41) is 0. The van der Waals surface area contributed by atoms with Crippen LogP contribution in [0.4, 0.5) is 18.9 Å². The van der Waals surface area contributed by atoms with E-state index in [1.165, 1.54) is 12.1 Å². The lowest BCUT2D eigenvalue weighted by atomic mass is 9.98. The standard InChI is InChI=1S/C17H24F3N3O/c1-3-12(2)15(21)16(24)23-10-8-22(9-11-23)14-6-4-13(5-7-14)17(18,19)20/h4-7,12,15H,3,8-11,21H2,1-2H3. The van der Waals surface area contributed by atoms with Gasteiger partial charge in [0.25, 0.3) is 0 Å². The van der Waals surface area contributed by atoms with Crippen LogP contribution >= 0.6 is 0 Å². The van der Waals surface area contributed by atoms with Crippen LogP contribution in [0.2, 0.25) is 0 Å². The van der Waals surface area contributed by atoms with Crippen molar-refractivity contribution in [3.05, 3.63) is 29.8 Å². The second kappa shape index (κ2) is 7.42. The molecule has 1 fully saturated rings. The second-order valence-corrected chi connectivity index (χ2v) is 6.27. The number of nitrogens with zero attached hydrogens (tertiary/aromatic N) is 2. The van der Waals surface area contributed by atoms with Crippen molar-refractivity contribution >= 4 is 11.6 Å². The minimum absolute atomic E-state index is 0.0450. The summed E-state index contributed by atoms with van der Waals surface area (Å²) in [5.41, 5.74) is 6.08. The molecule has 0 saturated carbocycles. The fraction of sp³-hybridized carbons (Fsp3) is 0.588. The van der Waals surface area contributed by atoms with Crippen molar-refractivity contribution in [3.63, 3.8) is 0 Å². The molecule has 0 spiro atoms. The van der Waals surface area contributed by atoms with E-state index in [1.807, 2.05) is 18.7 Å². The first kappa shape index (κ1) is 18.6. The maximum atomic E-state index is 12.6. The van der Waals surface area contributed by atoms with E-state index in [0.717, 1.165) is 24.2 Å². The lowest BCUT2D eigenvalue weighted by molar-refractivity contribution is -0.137. The van der Waals surface area contributed by atoms with Crippen LogP contribution in [0.3, 0.4) is 0 Å². The molecule has 1 aromatic rings. The van der Waals surface area contributed by atoms with E-state index in [1.54, 1.807) is 4.90 Å². The Morgan fingerprint density at radius 3 is 2.17 bits per heavy atom. The minimum Gasteiger partial charge on any atom is -0.368 e. The zero-order chi connectivity index (χ0) is 17.9. The van der Waals surface area contributed by atoms with Crippen LogP contribution in [-0.4, -0.2) is 43.0 Å². The lowest BCUT2D eigenvalue weighted by Gasteiger charge is -2.37. The molecule has 1 amide bonds. The maximum absolute atomic E-state index is 12.6. The zero-order valence-corrected chi connectivity index (χ0v) is 14.0. The third kappa shape index (κ3) is 4.20. The van der Waals surface area contributed by atoms with E-state index in [0.29, 0.717) is 26.2 Å². The molecule has 1 saturated heterocycles. The SMILES string of the molecule is CCC(C)C(N)C(=O)N1CCN(c2ccc(C(F)(F)F)cc2)CC1. The molecule has 134 valence electrons. The molecule has 0 aliphatic carbocycles. The Labute approximate surface area is 140 Å². The predicted octanol–water partition coefficient (Wildman–Crippen LogP) is 2.73. The van der Waals surface area contributed by atoms with Gasteiger partial charge in [0.2, 0.25) is 5.91 Å². The van der Waals surface area contributed by atoms with Crippen LogP contribution in [-0.2, 0) is 11.0 Å². The minimum atomic E-state index is -4.32. The smallest absolute Gasteiger partial charge is 0.368 e. The molecule has 1 aliphatic heterocycles. The van der Waals surface area contributed by atoms with Crippen molar-refractivity contribution in [3.8, 4) is 0 Å². The van der Waals surface area contributed by atoms with Crippen LogP contribution < -0.4 is 10.6 Å². The molecule has 0 bridgehead atoms. The van der Waals surface area contributed by atoms with E-state index >= 15 is 0 Å². The number of alkyl halides is 3. The number of hydrogen-bond acceptors (Lipinski definition) is 3. The molecule has 2 unspecified atom stereocenters. The molecule has 1 heterocycles. The Kier molecular flexibility index (Phi) is 5.74. The van der Waals surface area contributed by atoms with Crippen molar-refractivity contribution in [2.75, 3.05) is 31.1 Å². The van der Waals surface area contributed by atoms with Crippen molar-refractivity contribution in [2.45, 2.75) is 32.5 Å². The molecule has 2 atom stereocenters. The van der Waals surface area contributed by atoms with Gasteiger partial charge in [-0.15, -0.1) is 0 Å². The van der Waals surface area contributed by atoms with Gasteiger partial charge in [0.1, 0.15) is 0 Å². The molecule has 7 heteroatoms. The molecule has 24 heavy (non-hydrogen) atoms. The van der Waals surface area contributed by atoms with Gasteiger partial charge in [-0.2, -0.15) is 13.2 Å². The Morgan fingerprint density at radius 2 is 1.71 bits per heavy atom. The molecule has 0 radical (unpaired) electrons. The van der Waals surface area contributed by atoms with E-state index in [-0.39, 0.29) is 11.8 Å². The Bertz CT molecular complexity index is 551. The van der Waals surface area contributed by atoms with Crippen molar-refractivity contribution in [1.82, 2.24) is 4.90 Å². The summed E-state index contributed by atoms with van der Waals surface area (Å²) in [6.45, 7) is 6.20. The summed E-state index contributed by atoms with van der Waals surface area (Å²) in [6, 6.07) is 4.64. The van der Waals surface area contributed by atoms with E-state index in [4.69, 9.17) is 5.73 Å². The van der Waals surface area contributed by atoms with Crippen LogP contribution in [0, 0.1) is 5.92 Å². The van der Waals surface area contributed by atoms with Crippen molar-refractivity contribution in [2.24, 2.45) is 11.7 Å². The molecule has 0 aromatic heterocycles. The average Bonchev–Trinajstić information content (AvgIpc) is 2.59. The van der Waals surface area contributed by atoms with E-state index in [2.05, 4.69) is 0 Å². The summed E-state index contributed by atoms with van der Waals surface area (Å²) >= 11 is 0. The quantitative estimate of drug-likeness (QED) is 0.914. The topological polar surface area (TPSA) is 49.6 Å². The highest BCUT2D eigenvalue weighted by molar-refractivity contribution is 5.82. The first-order valence-electron chi connectivity index (χ1n) is 8.20. The summed E-state index contributed by atoms with van der Waals surface area (Å²) in [5.74, 6) is 0.0851. The number of hydrogen-bond donors (Lipinski definition) is 1. The number of halogens is 3. The number of nitrogens with two attached hydrogens (primary N) is 1. The normalized spacial score (nSPS) is 18.4. The number of carbonyl (C=O) groups is 1. The summed E-state index contributed by atoms with van der Waals surface area (Å²) in [4.78, 5) is 16.1. The largest absolute Gasteiger partial charge is 0.416 e. The van der Waals surface area contributed by atoms with Crippen LogP contribution in [0.25, 0.3) is 0 Å². The fourth-order valence-electron chi connectivity index (χ4n) is 2.75. The third-order valence-corrected chi connectivity index (χ3v) is 4.69. The summed E-state index contributed by atoms with van der Waals surface area (Å²) < 4.78 is 37.8. The van der Waals surface area contributed by atoms with Gasteiger partial charge in [-0.05, 0) is 30.2 Å². The number of benzene rings is 1. The first-order valence-corrected chi connectivity index (χ1v) is 8.20. The number of piperazine rings is 1. The summed E-state index contributed by atoms with van der Waals surface area (Å²) in [6.07, 6.45) is -3.48. The highest BCUT2D eigenvalue weighted by Gasteiger charge is 2.31. The molecule has 1 aliphatic rings. The van der Waals surface area contributed by atoms with Gasteiger partial charge < -0.3 is 15.5 Å². The average molecular weight is 343 g/mol. The number of anilines is 1. The molecule has 4 nitrogen and oxygen atoms in total. The van der Waals surface area contributed by atoms with Gasteiger partial charge >= 0.3 is 6.18 Å². The van der Waals surface area contributed by atoms with Crippen LogP contribution in [0.15, 0.2) is 24.3 Å².